The first kappa shape index (κ1) is 18.2. The summed E-state index contributed by atoms with van der Waals surface area (Å²) < 4.78 is 27.2. The number of sulfonamides is 1. The largest absolute Gasteiger partial charge is 0.326 e. The molecule has 0 saturated carbocycles. The number of rotatable bonds is 6. The van der Waals surface area contributed by atoms with Gasteiger partial charge in [0.2, 0.25) is 15.9 Å². The molecule has 0 aliphatic carbocycles. The van der Waals surface area contributed by atoms with Gasteiger partial charge in [-0.3, -0.25) is 4.79 Å². The number of amides is 1. The van der Waals surface area contributed by atoms with E-state index in [1.165, 1.54) is 0 Å². The summed E-state index contributed by atoms with van der Waals surface area (Å²) in [5.74, 6) is -0.232. The first-order valence-corrected chi connectivity index (χ1v) is 9.20. The maximum absolute atomic E-state index is 12.3. The van der Waals surface area contributed by atoms with E-state index in [-0.39, 0.29) is 23.8 Å². The van der Waals surface area contributed by atoms with Crippen molar-refractivity contribution in [3.63, 3.8) is 0 Å². The van der Waals surface area contributed by atoms with Crippen molar-refractivity contribution >= 4 is 21.6 Å². The van der Waals surface area contributed by atoms with Gasteiger partial charge < -0.3 is 5.32 Å². The lowest BCUT2D eigenvalue weighted by molar-refractivity contribution is -0.116. The molecule has 24 heavy (non-hydrogen) atoms. The summed E-state index contributed by atoms with van der Waals surface area (Å²) >= 11 is 0. The molecule has 2 aromatic carbocycles. The molecule has 0 aromatic heterocycles. The molecule has 0 aliphatic heterocycles. The van der Waals surface area contributed by atoms with Crippen LogP contribution in [0.25, 0.3) is 0 Å². The Hall–Kier alpha value is -2.18. The van der Waals surface area contributed by atoms with Gasteiger partial charge in [0.05, 0.1) is 4.90 Å². The number of carbonyl (C=O) groups excluding carboxylic acids is 1. The predicted molar refractivity (Wildman–Crippen MR) is 95.5 cm³/mol. The Balaban J connectivity index is 1.93. The molecule has 0 saturated heterocycles. The molecule has 0 atom stereocenters. The van der Waals surface area contributed by atoms with E-state index in [1.807, 2.05) is 38.1 Å². The monoisotopic (exact) mass is 346 g/mol. The molecule has 1 amide bonds. The van der Waals surface area contributed by atoms with Crippen molar-refractivity contribution in [2.75, 3.05) is 11.9 Å². The molecule has 0 spiro atoms. The second-order valence-electron chi connectivity index (χ2n) is 5.83. The highest BCUT2D eigenvalue weighted by Gasteiger charge is 2.17. The molecule has 0 radical (unpaired) electrons. The fraction of sp³-hybridized carbons (Fsp3) is 0.278. The zero-order valence-electron chi connectivity index (χ0n) is 14.1. The smallest absolute Gasteiger partial charge is 0.240 e. The Bertz CT molecular complexity index is 845. The minimum absolute atomic E-state index is 0.0490. The van der Waals surface area contributed by atoms with Crippen molar-refractivity contribution in [3.05, 3.63) is 59.2 Å². The molecule has 2 aromatic rings. The Morgan fingerprint density at radius 3 is 2.42 bits per heavy atom. The number of hydrogen-bond acceptors (Lipinski definition) is 3. The molecular formula is C18H22N2O3S. The van der Waals surface area contributed by atoms with E-state index in [1.54, 1.807) is 25.1 Å². The second-order valence-corrected chi connectivity index (χ2v) is 7.57. The van der Waals surface area contributed by atoms with Gasteiger partial charge in [-0.25, -0.2) is 13.1 Å². The van der Waals surface area contributed by atoms with Crippen LogP contribution in [0.4, 0.5) is 5.69 Å². The summed E-state index contributed by atoms with van der Waals surface area (Å²) in [7, 11) is -3.62. The van der Waals surface area contributed by atoms with Gasteiger partial charge in [-0.1, -0.05) is 24.3 Å². The lowest BCUT2D eigenvalue weighted by atomic mass is 10.2. The minimum Gasteiger partial charge on any atom is -0.326 e. The van der Waals surface area contributed by atoms with E-state index in [4.69, 9.17) is 0 Å². The Morgan fingerprint density at radius 1 is 1.00 bits per heavy atom. The van der Waals surface area contributed by atoms with Crippen LogP contribution < -0.4 is 10.0 Å². The Morgan fingerprint density at radius 2 is 1.71 bits per heavy atom. The molecule has 5 nitrogen and oxygen atoms in total. The molecule has 2 N–H and O–H groups in total. The van der Waals surface area contributed by atoms with E-state index < -0.39 is 10.0 Å². The van der Waals surface area contributed by atoms with Crippen LogP contribution in [0.2, 0.25) is 0 Å². The van der Waals surface area contributed by atoms with Crippen LogP contribution in [0.1, 0.15) is 23.1 Å². The summed E-state index contributed by atoms with van der Waals surface area (Å²) in [4.78, 5) is 12.2. The van der Waals surface area contributed by atoms with Gasteiger partial charge in [0.1, 0.15) is 0 Å². The van der Waals surface area contributed by atoms with Crippen molar-refractivity contribution in [3.8, 4) is 0 Å². The van der Waals surface area contributed by atoms with Crippen molar-refractivity contribution in [2.24, 2.45) is 0 Å². The van der Waals surface area contributed by atoms with E-state index in [2.05, 4.69) is 10.0 Å². The van der Waals surface area contributed by atoms with Gasteiger partial charge in [0, 0.05) is 18.7 Å². The average Bonchev–Trinajstić information content (AvgIpc) is 2.49. The highest BCUT2D eigenvalue weighted by molar-refractivity contribution is 7.89. The standard InChI is InChI=1S/C18H22N2O3S/c1-13-5-4-6-16(11-13)20-18(21)9-10-19-24(22,23)17-12-14(2)7-8-15(17)3/h4-8,11-12,19H,9-10H2,1-3H3,(H,20,21). The SMILES string of the molecule is Cc1cccc(NC(=O)CCNS(=O)(=O)c2cc(C)ccc2C)c1. The number of hydrogen-bond donors (Lipinski definition) is 2. The summed E-state index contributed by atoms with van der Waals surface area (Å²) in [6, 6.07) is 12.7. The first-order valence-electron chi connectivity index (χ1n) is 7.71. The highest BCUT2D eigenvalue weighted by Crippen LogP contribution is 2.16. The molecular weight excluding hydrogens is 324 g/mol. The lowest BCUT2D eigenvalue weighted by Gasteiger charge is -2.10. The first-order chi connectivity index (χ1) is 11.3. The van der Waals surface area contributed by atoms with Gasteiger partial charge in [0.15, 0.2) is 0 Å². The van der Waals surface area contributed by atoms with Crippen molar-refractivity contribution in [2.45, 2.75) is 32.1 Å². The molecule has 0 unspecified atom stereocenters. The van der Waals surface area contributed by atoms with Gasteiger partial charge in [-0.05, 0) is 55.7 Å². The highest BCUT2D eigenvalue weighted by atomic mass is 32.2. The van der Waals surface area contributed by atoms with Crippen LogP contribution in [0.15, 0.2) is 47.4 Å². The minimum atomic E-state index is -3.62. The molecule has 2 rings (SSSR count). The topological polar surface area (TPSA) is 75.3 Å². The molecule has 6 heteroatoms. The zero-order chi connectivity index (χ0) is 17.7. The van der Waals surface area contributed by atoms with Crippen LogP contribution in [0.3, 0.4) is 0 Å². The van der Waals surface area contributed by atoms with E-state index in [9.17, 15) is 13.2 Å². The molecule has 0 aliphatic rings. The van der Waals surface area contributed by atoms with E-state index in [0.717, 1.165) is 11.1 Å². The summed E-state index contributed by atoms with van der Waals surface area (Å²) in [5, 5.41) is 2.76. The van der Waals surface area contributed by atoms with E-state index >= 15 is 0 Å². The third-order valence-corrected chi connectivity index (χ3v) is 5.18. The maximum Gasteiger partial charge on any atom is 0.240 e. The third kappa shape index (κ3) is 4.91. The van der Waals surface area contributed by atoms with Gasteiger partial charge >= 0.3 is 0 Å². The maximum atomic E-state index is 12.3. The normalized spacial score (nSPS) is 11.3. The average molecular weight is 346 g/mol. The van der Waals surface area contributed by atoms with Crippen molar-refractivity contribution < 1.29 is 13.2 Å². The number of carbonyl (C=O) groups is 1. The molecule has 0 fully saturated rings. The van der Waals surface area contributed by atoms with E-state index in [0.29, 0.717) is 11.3 Å². The number of anilines is 1. The summed E-state index contributed by atoms with van der Waals surface area (Å²) in [6.07, 6.45) is 0.0675. The zero-order valence-corrected chi connectivity index (χ0v) is 14.9. The summed E-state index contributed by atoms with van der Waals surface area (Å²) in [6.45, 7) is 5.58. The number of aryl methyl sites for hydroxylation is 3. The van der Waals surface area contributed by atoms with Crippen LogP contribution in [0.5, 0.6) is 0 Å². The third-order valence-electron chi connectivity index (χ3n) is 3.58. The van der Waals surface area contributed by atoms with Gasteiger partial charge in [0.25, 0.3) is 0 Å². The number of benzene rings is 2. The van der Waals surface area contributed by atoms with Crippen LogP contribution in [-0.4, -0.2) is 20.9 Å². The van der Waals surface area contributed by atoms with Crippen molar-refractivity contribution in [1.82, 2.24) is 4.72 Å². The predicted octanol–water partition coefficient (Wildman–Crippen LogP) is 2.92. The molecule has 128 valence electrons. The van der Waals surface area contributed by atoms with Crippen LogP contribution in [-0.2, 0) is 14.8 Å². The van der Waals surface area contributed by atoms with Crippen LogP contribution in [0, 0.1) is 20.8 Å². The quantitative estimate of drug-likeness (QED) is 0.844. The number of nitrogens with one attached hydrogen (secondary N) is 2. The Kier molecular flexibility index (Phi) is 5.75. The van der Waals surface area contributed by atoms with Gasteiger partial charge in [-0.2, -0.15) is 0 Å². The fourth-order valence-electron chi connectivity index (χ4n) is 2.32. The fourth-order valence-corrected chi connectivity index (χ4v) is 3.68. The molecule has 0 heterocycles. The second kappa shape index (κ2) is 7.59. The molecule has 0 bridgehead atoms. The summed E-state index contributed by atoms with van der Waals surface area (Å²) in [5.41, 5.74) is 3.30. The van der Waals surface area contributed by atoms with Crippen molar-refractivity contribution in [1.29, 1.82) is 0 Å². The van der Waals surface area contributed by atoms with Crippen LogP contribution >= 0.6 is 0 Å². The Labute approximate surface area is 143 Å². The lowest BCUT2D eigenvalue weighted by Crippen LogP contribution is -2.28. The van der Waals surface area contributed by atoms with Gasteiger partial charge in [-0.15, -0.1) is 0 Å².